The molecule has 21 heavy (non-hydrogen) atoms. The Kier molecular flexibility index (Phi) is 5.19. The molecule has 0 unspecified atom stereocenters. The number of rotatable bonds is 5. The third-order valence-corrected chi connectivity index (χ3v) is 4.03. The maximum Gasteiger partial charge on any atom is 0.406 e. The van der Waals surface area contributed by atoms with Crippen LogP contribution in [0.2, 0.25) is 0 Å². The lowest BCUT2D eigenvalue weighted by Gasteiger charge is -2.22. The molecule has 2 aromatic heterocycles. The van der Waals surface area contributed by atoms with Crippen LogP contribution in [0.15, 0.2) is 39.7 Å². The average molecular weight is 331 g/mol. The highest BCUT2D eigenvalue weighted by Gasteiger charge is 2.32. The van der Waals surface area contributed by atoms with Gasteiger partial charge in [0.05, 0.1) is 0 Å². The minimum atomic E-state index is -4.41. The molecule has 1 amide bonds. The van der Waals surface area contributed by atoms with E-state index in [-0.39, 0.29) is 6.54 Å². The summed E-state index contributed by atoms with van der Waals surface area (Å²) in [6, 6.07) is 3.51. The number of amides is 1. The molecular formula is C14H12F3NOS2. The Morgan fingerprint density at radius 1 is 1.19 bits per heavy atom. The normalized spacial score (nSPS) is 12.0. The summed E-state index contributed by atoms with van der Waals surface area (Å²) >= 11 is 2.85. The Morgan fingerprint density at radius 2 is 1.90 bits per heavy atom. The molecule has 0 aliphatic rings. The minimum absolute atomic E-state index is 0.0458. The van der Waals surface area contributed by atoms with Crippen LogP contribution in [0.5, 0.6) is 0 Å². The van der Waals surface area contributed by atoms with Gasteiger partial charge in [-0.2, -0.15) is 35.8 Å². The number of carbonyl (C=O) groups excluding carboxylic acids is 1. The van der Waals surface area contributed by atoms with Gasteiger partial charge in [-0.15, -0.1) is 0 Å². The van der Waals surface area contributed by atoms with Crippen LogP contribution < -0.4 is 0 Å². The summed E-state index contributed by atoms with van der Waals surface area (Å²) in [6.07, 6.45) is -1.71. The van der Waals surface area contributed by atoms with Crippen LogP contribution in [0.1, 0.15) is 11.1 Å². The van der Waals surface area contributed by atoms with Gasteiger partial charge in [0.2, 0.25) is 5.91 Å². The van der Waals surface area contributed by atoms with Crippen LogP contribution in [-0.2, 0) is 11.3 Å². The molecule has 0 radical (unpaired) electrons. The monoisotopic (exact) mass is 331 g/mol. The molecule has 0 atom stereocenters. The van der Waals surface area contributed by atoms with Crippen LogP contribution in [0.3, 0.4) is 0 Å². The van der Waals surface area contributed by atoms with Gasteiger partial charge in [-0.25, -0.2) is 0 Å². The first-order chi connectivity index (χ1) is 9.94. The molecule has 7 heteroatoms. The minimum Gasteiger partial charge on any atom is -0.326 e. The summed E-state index contributed by atoms with van der Waals surface area (Å²) in [4.78, 5) is 12.8. The zero-order valence-corrected chi connectivity index (χ0v) is 12.5. The molecular weight excluding hydrogens is 319 g/mol. The number of thiophene rings is 2. The van der Waals surface area contributed by atoms with Gasteiger partial charge in [0, 0.05) is 12.6 Å². The average Bonchev–Trinajstić information content (AvgIpc) is 3.06. The Balaban J connectivity index is 2.08. The molecule has 0 saturated heterocycles. The largest absolute Gasteiger partial charge is 0.406 e. The summed E-state index contributed by atoms with van der Waals surface area (Å²) in [7, 11) is 0. The number of halogens is 3. The third-order valence-electron chi connectivity index (χ3n) is 2.60. The second-order valence-corrected chi connectivity index (χ2v) is 5.89. The molecule has 0 bridgehead atoms. The number of alkyl halides is 3. The van der Waals surface area contributed by atoms with Gasteiger partial charge in [0.15, 0.2) is 0 Å². The highest BCUT2D eigenvalue weighted by atomic mass is 32.1. The first kappa shape index (κ1) is 15.8. The van der Waals surface area contributed by atoms with Crippen LogP contribution >= 0.6 is 22.7 Å². The van der Waals surface area contributed by atoms with Gasteiger partial charge in [-0.1, -0.05) is 0 Å². The van der Waals surface area contributed by atoms with Gasteiger partial charge in [0.1, 0.15) is 6.54 Å². The Hall–Kier alpha value is -1.60. The van der Waals surface area contributed by atoms with Crippen LogP contribution in [0.4, 0.5) is 13.2 Å². The van der Waals surface area contributed by atoms with Crippen molar-refractivity contribution in [3.05, 3.63) is 50.9 Å². The summed E-state index contributed by atoms with van der Waals surface area (Å²) in [6.45, 7) is -1.30. The predicted molar refractivity (Wildman–Crippen MR) is 79.1 cm³/mol. The van der Waals surface area contributed by atoms with Crippen molar-refractivity contribution in [1.82, 2.24) is 4.90 Å². The van der Waals surface area contributed by atoms with E-state index in [0.29, 0.717) is 5.56 Å². The van der Waals surface area contributed by atoms with Crippen molar-refractivity contribution in [2.75, 3.05) is 6.54 Å². The number of carbonyl (C=O) groups is 1. The van der Waals surface area contributed by atoms with Crippen molar-refractivity contribution in [2.24, 2.45) is 0 Å². The quantitative estimate of drug-likeness (QED) is 0.743. The van der Waals surface area contributed by atoms with E-state index >= 15 is 0 Å². The molecule has 0 saturated carbocycles. The topological polar surface area (TPSA) is 20.3 Å². The molecule has 2 rings (SSSR count). The Bertz CT molecular complexity index is 588. The summed E-state index contributed by atoms with van der Waals surface area (Å²) < 4.78 is 37.8. The second kappa shape index (κ2) is 6.91. The lowest BCUT2D eigenvalue weighted by molar-refractivity contribution is -0.159. The predicted octanol–water partition coefficient (Wildman–Crippen LogP) is 4.41. The lowest BCUT2D eigenvalue weighted by Crippen LogP contribution is -2.37. The standard InChI is InChI=1S/C14H12F3NOS2/c15-14(16,17)10-18(7-12-4-6-21-9-12)13(19)2-1-11-3-5-20-8-11/h1-6,8-9H,7,10H2/b2-1+. The van der Waals surface area contributed by atoms with Crippen molar-refractivity contribution >= 4 is 34.7 Å². The number of hydrogen-bond acceptors (Lipinski definition) is 3. The van der Waals surface area contributed by atoms with E-state index < -0.39 is 18.6 Å². The zero-order valence-electron chi connectivity index (χ0n) is 10.8. The Morgan fingerprint density at radius 3 is 2.48 bits per heavy atom. The van der Waals surface area contributed by atoms with Crippen molar-refractivity contribution in [3.63, 3.8) is 0 Å². The highest BCUT2D eigenvalue weighted by molar-refractivity contribution is 7.08. The second-order valence-electron chi connectivity index (χ2n) is 4.33. The van der Waals surface area contributed by atoms with Gasteiger partial charge >= 0.3 is 6.18 Å². The van der Waals surface area contributed by atoms with E-state index in [4.69, 9.17) is 0 Å². The molecule has 2 nitrogen and oxygen atoms in total. The van der Waals surface area contributed by atoms with Crippen molar-refractivity contribution in [1.29, 1.82) is 0 Å². The fourth-order valence-electron chi connectivity index (χ4n) is 1.67. The SMILES string of the molecule is O=C(/C=C/c1ccsc1)N(Cc1ccsc1)CC(F)(F)F. The molecule has 2 heterocycles. The van der Waals surface area contributed by atoms with E-state index in [1.54, 1.807) is 22.9 Å². The smallest absolute Gasteiger partial charge is 0.326 e. The van der Waals surface area contributed by atoms with Gasteiger partial charge in [-0.05, 0) is 50.9 Å². The maximum absolute atomic E-state index is 12.6. The van der Waals surface area contributed by atoms with Gasteiger partial charge in [0.25, 0.3) is 0 Å². The molecule has 0 aliphatic carbocycles. The first-order valence-electron chi connectivity index (χ1n) is 6.01. The van der Waals surface area contributed by atoms with E-state index in [9.17, 15) is 18.0 Å². The molecule has 112 valence electrons. The van der Waals surface area contributed by atoms with Gasteiger partial charge < -0.3 is 4.90 Å². The third kappa shape index (κ3) is 5.35. The molecule has 0 fully saturated rings. The van der Waals surface area contributed by atoms with Crippen molar-refractivity contribution < 1.29 is 18.0 Å². The molecule has 0 aliphatic heterocycles. The van der Waals surface area contributed by atoms with Crippen molar-refractivity contribution in [2.45, 2.75) is 12.7 Å². The molecule has 2 aromatic rings. The van der Waals surface area contributed by atoms with Crippen LogP contribution in [0.25, 0.3) is 6.08 Å². The molecule has 0 N–H and O–H groups in total. The summed E-state index contributed by atoms with van der Waals surface area (Å²) in [5.41, 5.74) is 1.50. The Labute approximate surface area is 128 Å². The summed E-state index contributed by atoms with van der Waals surface area (Å²) in [5, 5.41) is 7.16. The lowest BCUT2D eigenvalue weighted by atomic mass is 10.2. The number of hydrogen-bond donors (Lipinski definition) is 0. The van der Waals surface area contributed by atoms with Gasteiger partial charge in [-0.3, -0.25) is 4.79 Å². The van der Waals surface area contributed by atoms with Crippen molar-refractivity contribution in [3.8, 4) is 0 Å². The molecule has 0 aromatic carbocycles. The van der Waals surface area contributed by atoms with Crippen LogP contribution in [0, 0.1) is 0 Å². The summed E-state index contributed by atoms with van der Waals surface area (Å²) in [5.74, 6) is -0.648. The van der Waals surface area contributed by atoms with E-state index in [1.807, 2.05) is 10.8 Å². The fourth-order valence-corrected chi connectivity index (χ4v) is 2.96. The molecule has 0 spiro atoms. The van der Waals surface area contributed by atoms with E-state index in [0.717, 1.165) is 10.5 Å². The van der Waals surface area contributed by atoms with Crippen LogP contribution in [-0.4, -0.2) is 23.5 Å². The number of nitrogens with zero attached hydrogens (tertiary/aromatic N) is 1. The zero-order chi connectivity index (χ0) is 15.3. The first-order valence-corrected chi connectivity index (χ1v) is 7.89. The maximum atomic E-state index is 12.6. The van der Waals surface area contributed by atoms with E-state index in [1.165, 1.54) is 34.8 Å². The highest BCUT2D eigenvalue weighted by Crippen LogP contribution is 2.19. The van der Waals surface area contributed by atoms with E-state index in [2.05, 4.69) is 0 Å². The fraction of sp³-hybridized carbons (Fsp3) is 0.214.